The van der Waals surface area contributed by atoms with Crippen molar-refractivity contribution in [3.8, 4) is 5.75 Å². The summed E-state index contributed by atoms with van der Waals surface area (Å²) in [6, 6.07) is 3.52. The zero-order valence-corrected chi connectivity index (χ0v) is 14.0. The Morgan fingerprint density at radius 2 is 2.09 bits per heavy atom. The molecule has 7 heteroatoms. The highest BCUT2D eigenvalue weighted by molar-refractivity contribution is 7.89. The lowest BCUT2D eigenvalue weighted by Crippen LogP contribution is -2.39. The summed E-state index contributed by atoms with van der Waals surface area (Å²) >= 11 is 0. The molecule has 0 bridgehead atoms. The van der Waals surface area contributed by atoms with E-state index in [9.17, 15) is 12.8 Å². The van der Waals surface area contributed by atoms with Crippen LogP contribution in [0.25, 0.3) is 0 Å². The number of methoxy groups -OCH3 is 1. The molecule has 1 aromatic rings. The predicted octanol–water partition coefficient (Wildman–Crippen LogP) is 2.44. The van der Waals surface area contributed by atoms with Gasteiger partial charge in [0.1, 0.15) is 16.5 Å². The second-order valence-electron chi connectivity index (χ2n) is 5.47. The Morgan fingerprint density at radius 3 is 2.70 bits per heavy atom. The minimum atomic E-state index is -3.76. The predicted molar refractivity (Wildman–Crippen MR) is 85.5 cm³/mol. The average molecular weight is 343 g/mol. The molecule has 1 aliphatic heterocycles. The maximum atomic E-state index is 13.5. The van der Waals surface area contributed by atoms with Crippen LogP contribution in [0, 0.1) is 11.7 Å². The molecule has 0 amide bonds. The summed E-state index contributed by atoms with van der Waals surface area (Å²) in [4.78, 5) is -0.124. The Morgan fingerprint density at radius 1 is 1.39 bits per heavy atom. The van der Waals surface area contributed by atoms with E-state index in [1.807, 2.05) is 0 Å². The Hall–Kier alpha value is -1.44. The lowest BCUT2D eigenvalue weighted by molar-refractivity contribution is 0.0982. The highest BCUT2D eigenvalue weighted by atomic mass is 32.2. The van der Waals surface area contributed by atoms with Crippen molar-refractivity contribution >= 4 is 10.0 Å². The van der Waals surface area contributed by atoms with Crippen LogP contribution in [0.1, 0.15) is 12.8 Å². The van der Waals surface area contributed by atoms with E-state index in [2.05, 4.69) is 6.58 Å². The largest absolute Gasteiger partial charge is 0.495 e. The van der Waals surface area contributed by atoms with Crippen molar-refractivity contribution in [3.05, 3.63) is 36.7 Å². The van der Waals surface area contributed by atoms with Crippen LogP contribution in [0.3, 0.4) is 0 Å². The summed E-state index contributed by atoms with van der Waals surface area (Å²) < 4.78 is 50.8. The molecule has 2 rings (SSSR count). The van der Waals surface area contributed by atoms with Gasteiger partial charge in [-0.1, -0.05) is 6.08 Å². The molecule has 23 heavy (non-hydrogen) atoms. The van der Waals surface area contributed by atoms with Crippen LogP contribution in [-0.4, -0.2) is 46.1 Å². The smallest absolute Gasteiger partial charge is 0.246 e. The van der Waals surface area contributed by atoms with Crippen molar-refractivity contribution in [1.82, 2.24) is 4.31 Å². The molecular weight excluding hydrogens is 321 g/mol. The Bertz CT molecular complexity index is 639. The van der Waals surface area contributed by atoms with Crippen molar-refractivity contribution in [2.24, 2.45) is 5.92 Å². The van der Waals surface area contributed by atoms with Gasteiger partial charge in [0.15, 0.2) is 0 Å². The number of halogens is 1. The topological polar surface area (TPSA) is 55.8 Å². The summed E-state index contributed by atoms with van der Waals surface area (Å²) in [6.45, 7) is 5.47. The van der Waals surface area contributed by atoms with Gasteiger partial charge in [-0.2, -0.15) is 4.31 Å². The number of benzene rings is 1. The first-order valence-corrected chi connectivity index (χ1v) is 8.95. The maximum Gasteiger partial charge on any atom is 0.246 e. The van der Waals surface area contributed by atoms with E-state index < -0.39 is 15.8 Å². The van der Waals surface area contributed by atoms with Crippen LogP contribution in [0.2, 0.25) is 0 Å². The summed E-state index contributed by atoms with van der Waals surface area (Å²) in [5.41, 5.74) is 0. The number of hydrogen-bond donors (Lipinski definition) is 0. The van der Waals surface area contributed by atoms with Gasteiger partial charge in [-0.3, -0.25) is 0 Å². The van der Waals surface area contributed by atoms with E-state index in [1.165, 1.54) is 23.5 Å². The summed E-state index contributed by atoms with van der Waals surface area (Å²) in [5, 5.41) is 0. The van der Waals surface area contributed by atoms with E-state index in [-0.39, 0.29) is 10.6 Å². The van der Waals surface area contributed by atoms with Gasteiger partial charge in [-0.05, 0) is 37.0 Å². The molecule has 1 aromatic carbocycles. The molecule has 0 aliphatic carbocycles. The average Bonchev–Trinajstić information content (AvgIpc) is 2.55. The van der Waals surface area contributed by atoms with E-state index >= 15 is 0 Å². The zero-order valence-electron chi connectivity index (χ0n) is 13.2. The fraction of sp³-hybridized carbons (Fsp3) is 0.500. The minimum Gasteiger partial charge on any atom is -0.495 e. The molecule has 0 radical (unpaired) electrons. The van der Waals surface area contributed by atoms with Crippen molar-refractivity contribution < 1.29 is 22.3 Å². The van der Waals surface area contributed by atoms with Gasteiger partial charge < -0.3 is 9.47 Å². The second kappa shape index (κ2) is 7.90. The molecule has 1 saturated heterocycles. The van der Waals surface area contributed by atoms with Crippen LogP contribution in [0.15, 0.2) is 35.7 Å². The monoisotopic (exact) mass is 343 g/mol. The Balaban J connectivity index is 2.07. The molecule has 0 spiro atoms. The SMILES string of the molecule is C=CCOCC1CCN(S(=O)(=O)c2cc(F)ccc2OC)CC1. The van der Waals surface area contributed by atoms with Gasteiger partial charge in [0, 0.05) is 19.7 Å². The van der Waals surface area contributed by atoms with Gasteiger partial charge >= 0.3 is 0 Å². The summed E-state index contributed by atoms with van der Waals surface area (Å²) in [6.07, 6.45) is 3.12. The molecule has 1 fully saturated rings. The first kappa shape index (κ1) is 17.9. The van der Waals surface area contributed by atoms with E-state index in [0.29, 0.717) is 45.1 Å². The first-order chi connectivity index (χ1) is 11.0. The molecule has 0 atom stereocenters. The normalized spacial score (nSPS) is 17.1. The molecule has 0 aromatic heterocycles. The van der Waals surface area contributed by atoms with Crippen LogP contribution < -0.4 is 4.74 Å². The van der Waals surface area contributed by atoms with Crippen molar-refractivity contribution in [3.63, 3.8) is 0 Å². The molecule has 0 unspecified atom stereocenters. The molecule has 0 N–H and O–H groups in total. The number of hydrogen-bond acceptors (Lipinski definition) is 4. The number of ether oxygens (including phenoxy) is 2. The lowest BCUT2D eigenvalue weighted by atomic mass is 9.99. The fourth-order valence-electron chi connectivity index (χ4n) is 2.63. The van der Waals surface area contributed by atoms with Crippen LogP contribution in [0.5, 0.6) is 5.75 Å². The van der Waals surface area contributed by atoms with Gasteiger partial charge in [0.05, 0.1) is 13.7 Å². The van der Waals surface area contributed by atoms with Gasteiger partial charge in [0.25, 0.3) is 0 Å². The van der Waals surface area contributed by atoms with E-state index in [1.54, 1.807) is 6.08 Å². The maximum absolute atomic E-state index is 13.5. The molecule has 1 aliphatic rings. The second-order valence-corrected chi connectivity index (χ2v) is 7.38. The fourth-order valence-corrected chi connectivity index (χ4v) is 4.26. The third-order valence-corrected chi connectivity index (χ3v) is 5.83. The Kier molecular flexibility index (Phi) is 6.15. The summed E-state index contributed by atoms with van der Waals surface area (Å²) in [5.74, 6) is -0.115. The molecule has 5 nitrogen and oxygen atoms in total. The first-order valence-electron chi connectivity index (χ1n) is 7.51. The third kappa shape index (κ3) is 4.31. The van der Waals surface area contributed by atoms with Crippen molar-refractivity contribution in [1.29, 1.82) is 0 Å². The van der Waals surface area contributed by atoms with Gasteiger partial charge in [-0.25, -0.2) is 12.8 Å². The highest BCUT2D eigenvalue weighted by Gasteiger charge is 2.31. The minimum absolute atomic E-state index is 0.124. The number of piperidine rings is 1. The number of rotatable bonds is 7. The van der Waals surface area contributed by atoms with E-state index in [4.69, 9.17) is 9.47 Å². The van der Waals surface area contributed by atoms with Crippen LogP contribution in [-0.2, 0) is 14.8 Å². The number of nitrogens with zero attached hydrogens (tertiary/aromatic N) is 1. The summed E-state index contributed by atoms with van der Waals surface area (Å²) in [7, 11) is -2.39. The molecule has 128 valence electrons. The molecular formula is C16H22FNO4S. The third-order valence-electron chi connectivity index (χ3n) is 3.91. The molecule has 1 heterocycles. The lowest BCUT2D eigenvalue weighted by Gasteiger charge is -2.31. The van der Waals surface area contributed by atoms with Gasteiger partial charge in [-0.15, -0.1) is 6.58 Å². The van der Waals surface area contributed by atoms with Crippen molar-refractivity contribution in [2.75, 3.05) is 33.4 Å². The number of sulfonamides is 1. The standard InChI is InChI=1S/C16H22FNO4S/c1-3-10-22-12-13-6-8-18(9-7-13)23(19,20)16-11-14(17)4-5-15(16)21-2/h3-5,11,13H,1,6-10,12H2,2H3. The quantitative estimate of drug-likeness (QED) is 0.564. The van der Waals surface area contributed by atoms with Crippen LogP contribution >= 0.6 is 0 Å². The molecule has 0 saturated carbocycles. The van der Waals surface area contributed by atoms with Crippen LogP contribution in [0.4, 0.5) is 4.39 Å². The van der Waals surface area contributed by atoms with Gasteiger partial charge in [0.2, 0.25) is 10.0 Å². The zero-order chi connectivity index (χ0) is 16.9. The van der Waals surface area contributed by atoms with E-state index in [0.717, 1.165) is 6.07 Å². The highest BCUT2D eigenvalue weighted by Crippen LogP contribution is 2.30. The van der Waals surface area contributed by atoms with Crippen molar-refractivity contribution in [2.45, 2.75) is 17.7 Å². The Labute approximate surface area is 136 Å².